The van der Waals surface area contributed by atoms with Crippen LogP contribution < -0.4 is 10.1 Å². The van der Waals surface area contributed by atoms with E-state index >= 15 is 0 Å². The molecule has 2 aromatic rings. The second-order valence-corrected chi connectivity index (χ2v) is 7.44. The van der Waals surface area contributed by atoms with Gasteiger partial charge in [-0.2, -0.15) is 13.2 Å². The molecular weight excluding hydrogens is 397 g/mol. The zero-order valence-electron chi connectivity index (χ0n) is 16.5. The van der Waals surface area contributed by atoms with Gasteiger partial charge in [-0.05, 0) is 61.2 Å². The quantitative estimate of drug-likeness (QED) is 0.770. The standard InChI is InChI=1S/C22H23F3N2O3/c1-15-4-3-11-27(13-15)21(29)16-7-9-19(10-8-16)30-14-20(28)26-18-6-2-5-17(12-18)22(23,24)25/h2,5-10,12,15H,3-4,11,13-14H2,1H3,(H,26,28). The summed E-state index contributed by atoms with van der Waals surface area (Å²) < 4.78 is 43.6. The van der Waals surface area contributed by atoms with E-state index in [-0.39, 0.29) is 18.2 Å². The summed E-state index contributed by atoms with van der Waals surface area (Å²) in [7, 11) is 0. The zero-order valence-corrected chi connectivity index (χ0v) is 16.5. The van der Waals surface area contributed by atoms with Gasteiger partial charge in [-0.15, -0.1) is 0 Å². The van der Waals surface area contributed by atoms with E-state index < -0.39 is 17.6 Å². The van der Waals surface area contributed by atoms with E-state index in [1.807, 2.05) is 4.90 Å². The highest BCUT2D eigenvalue weighted by Crippen LogP contribution is 2.30. The minimum absolute atomic E-state index is 0.0320. The molecule has 0 aliphatic carbocycles. The maximum Gasteiger partial charge on any atom is 0.416 e. The molecule has 1 unspecified atom stereocenters. The first kappa shape index (κ1) is 21.7. The highest BCUT2D eigenvalue weighted by molar-refractivity contribution is 5.94. The molecule has 30 heavy (non-hydrogen) atoms. The number of nitrogens with zero attached hydrogens (tertiary/aromatic N) is 1. The third kappa shape index (κ3) is 5.75. The number of likely N-dealkylation sites (tertiary alicyclic amines) is 1. The first-order valence-corrected chi connectivity index (χ1v) is 9.71. The SMILES string of the molecule is CC1CCCN(C(=O)c2ccc(OCC(=O)Nc3cccc(C(F)(F)F)c3)cc2)C1. The number of carbonyl (C=O) groups is 2. The highest BCUT2D eigenvalue weighted by atomic mass is 19.4. The van der Waals surface area contributed by atoms with E-state index in [1.54, 1.807) is 24.3 Å². The van der Waals surface area contributed by atoms with Crippen molar-refractivity contribution >= 4 is 17.5 Å². The van der Waals surface area contributed by atoms with E-state index in [0.29, 0.717) is 17.2 Å². The van der Waals surface area contributed by atoms with Crippen molar-refractivity contribution < 1.29 is 27.5 Å². The number of anilines is 1. The molecule has 8 heteroatoms. The topological polar surface area (TPSA) is 58.6 Å². The van der Waals surface area contributed by atoms with Crippen molar-refractivity contribution in [3.63, 3.8) is 0 Å². The van der Waals surface area contributed by atoms with Gasteiger partial charge < -0.3 is 15.0 Å². The average molecular weight is 420 g/mol. The average Bonchev–Trinajstić information content (AvgIpc) is 2.72. The van der Waals surface area contributed by atoms with Crippen LogP contribution in [0.5, 0.6) is 5.75 Å². The molecule has 1 atom stereocenters. The summed E-state index contributed by atoms with van der Waals surface area (Å²) in [6.45, 7) is 3.25. The lowest BCUT2D eigenvalue weighted by molar-refractivity contribution is -0.137. The largest absolute Gasteiger partial charge is 0.484 e. The minimum Gasteiger partial charge on any atom is -0.484 e. The van der Waals surface area contributed by atoms with Gasteiger partial charge in [0.2, 0.25) is 0 Å². The zero-order chi connectivity index (χ0) is 21.7. The van der Waals surface area contributed by atoms with E-state index in [2.05, 4.69) is 12.2 Å². The van der Waals surface area contributed by atoms with Crippen LogP contribution in [0.15, 0.2) is 48.5 Å². The summed E-state index contributed by atoms with van der Waals surface area (Å²) in [6, 6.07) is 10.9. The van der Waals surface area contributed by atoms with Crippen molar-refractivity contribution in [2.45, 2.75) is 25.9 Å². The molecule has 0 saturated carbocycles. The lowest BCUT2D eigenvalue weighted by atomic mass is 9.99. The number of ether oxygens (including phenoxy) is 1. The predicted octanol–water partition coefficient (Wildman–Crippen LogP) is 4.60. The monoisotopic (exact) mass is 420 g/mol. The van der Waals surface area contributed by atoms with Crippen LogP contribution in [-0.2, 0) is 11.0 Å². The number of carbonyl (C=O) groups excluding carboxylic acids is 2. The molecule has 0 radical (unpaired) electrons. The van der Waals surface area contributed by atoms with Crippen LogP contribution in [0, 0.1) is 5.92 Å². The Kier molecular flexibility index (Phi) is 6.64. The third-order valence-electron chi connectivity index (χ3n) is 4.89. The van der Waals surface area contributed by atoms with E-state index in [0.717, 1.165) is 38.1 Å². The summed E-state index contributed by atoms with van der Waals surface area (Å²) in [5.74, 6) is 0.255. The Hall–Kier alpha value is -3.03. The molecule has 1 aliphatic rings. The van der Waals surface area contributed by atoms with Crippen LogP contribution in [0.2, 0.25) is 0 Å². The molecule has 1 saturated heterocycles. The third-order valence-corrected chi connectivity index (χ3v) is 4.89. The Bertz CT molecular complexity index is 897. The van der Waals surface area contributed by atoms with Crippen LogP contribution in [0.25, 0.3) is 0 Å². The van der Waals surface area contributed by atoms with Gasteiger partial charge in [0.15, 0.2) is 6.61 Å². The van der Waals surface area contributed by atoms with Crippen LogP contribution in [0.4, 0.5) is 18.9 Å². The van der Waals surface area contributed by atoms with Crippen LogP contribution in [-0.4, -0.2) is 36.4 Å². The van der Waals surface area contributed by atoms with Crippen molar-refractivity contribution in [1.82, 2.24) is 4.90 Å². The van der Waals surface area contributed by atoms with Crippen LogP contribution in [0.1, 0.15) is 35.7 Å². The number of nitrogens with one attached hydrogen (secondary N) is 1. The first-order valence-electron chi connectivity index (χ1n) is 9.71. The van der Waals surface area contributed by atoms with Crippen molar-refractivity contribution in [3.05, 3.63) is 59.7 Å². The van der Waals surface area contributed by atoms with Gasteiger partial charge in [0.25, 0.3) is 11.8 Å². The summed E-state index contributed by atoms with van der Waals surface area (Å²) in [4.78, 5) is 26.4. The molecule has 0 bridgehead atoms. The van der Waals surface area contributed by atoms with Gasteiger partial charge in [0.05, 0.1) is 5.56 Å². The maximum absolute atomic E-state index is 12.7. The normalized spacial score (nSPS) is 16.8. The second kappa shape index (κ2) is 9.19. The Labute approximate surface area is 172 Å². The van der Waals surface area contributed by atoms with Crippen molar-refractivity contribution in [3.8, 4) is 5.75 Å². The van der Waals surface area contributed by atoms with Gasteiger partial charge in [0, 0.05) is 24.3 Å². The first-order chi connectivity index (χ1) is 14.2. The molecule has 1 aliphatic heterocycles. The Morgan fingerprint density at radius 1 is 1.17 bits per heavy atom. The van der Waals surface area contributed by atoms with Gasteiger partial charge in [-0.25, -0.2) is 0 Å². The fourth-order valence-corrected chi connectivity index (χ4v) is 3.37. The van der Waals surface area contributed by atoms with Crippen LogP contribution in [0.3, 0.4) is 0 Å². The molecule has 1 N–H and O–H groups in total. The minimum atomic E-state index is -4.48. The maximum atomic E-state index is 12.7. The molecule has 1 heterocycles. The molecule has 5 nitrogen and oxygen atoms in total. The molecule has 0 spiro atoms. The molecule has 3 rings (SSSR count). The molecule has 1 fully saturated rings. The Morgan fingerprint density at radius 3 is 2.57 bits per heavy atom. The summed E-state index contributed by atoms with van der Waals surface area (Å²) >= 11 is 0. The van der Waals surface area contributed by atoms with Crippen molar-refractivity contribution in [1.29, 1.82) is 0 Å². The fourth-order valence-electron chi connectivity index (χ4n) is 3.37. The summed E-state index contributed by atoms with van der Waals surface area (Å²) in [6.07, 6.45) is -2.36. The molecule has 2 aromatic carbocycles. The van der Waals surface area contributed by atoms with E-state index in [4.69, 9.17) is 4.74 Å². The molecular formula is C22H23F3N2O3. The lowest BCUT2D eigenvalue weighted by Gasteiger charge is -2.31. The number of halogens is 3. The molecule has 160 valence electrons. The van der Waals surface area contributed by atoms with Crippen molar-refractivity contribution in [2.75, 3.05) is 25.0 Å². The van der Waals surface area contributed by atoms with Crippen molar-refractivity contribution in [2.24, 2.45) is 5.92 Å². The Balaban J connectivity index is 1.52. The smallest absolute Gasteiger partial charge is 0.416 e. The van der Waals surface area contributed by atoms with E-state index in [9.17, 15) is 22.8 Å². The number of piperidine rings is 1. The number of amides is 2. The van der Waals surface area contributed by atoms with Crippen LogP contribution >= 0.6 is 0 Å². The summed E-state index contributed by atoms with van der Waals surface area (Å²) in [5, 5.41) is 2.38. The number of hydrogen-bond acceptors (Lipinski definition) is 3. The van der Waals surface area contributed by atoms with Gasteiger partial charge in [-0.1, -0.05) is 13.0 Å². The molecule has 0 aromatic heterocycles. The number of alkyl halides is 3. The predicted molar refractivity (Wildman–Crippen MR) is 106 cm³/mol. The fraction of sp³-hybridized carbons (Fsp3) is 0.364. The molecule has 2 amide bonds. The number of hydrogen-bond donors (Lipinski definition) is 1. The van der Waals surface area contributed by atoms with Gasteiger partial charge >= 0.3 is 6.18 Å². The lowest BCUT2D eigenvalue weighted by Crippen LogP contribution is -2.39. The summed E-state index contributed by atoms with van der Waals surface area (Å²) in [5.41, 5.74) is -0.260. The van der Waals surface area contributed by atoms with Gasteiger partial charge in [0.1, 0.15) is 5.75 Å². The second-order valence-electron chi connectivity index (χ2n) is 7.44. The highest BCUT2D eigenvalue weighted by Gasteiger charge is 2.30. The number of benzene rings is 2. The van der Waals surface area contributed by atoms with E-state index in [1.165, 1.54) is 12.1 Å². The Morgan fingerprint density at radius 2 is 1.90 bits per heavy atom. The number of rotatable bonds is 5. The van der Waals surface area contributed by atoms with Gasteiger partial charge in [-0.3, -0.25) is 9.59 Å².